The molecule has 2 aromatic heterocycles. The predicted octanol–water partition coefficient (Wildman–Crippen LogP) is 15.0. The summed E-state index contributed by atoms with van der Waals surface area (Å²) in [5, 5.41) is 5.29. The molecule has 0 radical (unpaired) electrons. The van der Waals surface area contributed by atoms with Crippen molar-refractivity contribution in [2.75, 3.05) is 9.80 Å². The molecule has 3 unspecified atom stereocenters. The third kappa shape index (κ3) is 4.79. The summed E-state index contributed by atoms with van der Waals surface area (Å²) in [5.74, 6) is 0.516. The monoisotopic (exact) mass is 752 g/mol. The number of hydrogen-bond donors (Lipinski definition) is 0. The topological polar surface area (TPSA) is 6.48 Å². The fourth-order valence-corrected chi connectivity index (χ4v) is 12.1. The molecular weight excluding hydrogens is 717 g/mol. The van der Waals surface area contributed by atoms with E-state index in [2.05, 4.69) is 198 Å². The molecule has 3 atom stereocenters. The van der Waals surface area contributed by atoms with Crippen molar-refractivity contribution in [2.45, 2.75) is 24.3 Å². The molecule has 266 valence electrons. The summed E-state index contributed by atoms with van der Waals surface area (Å²) in [4.78, 5) is 5.15. The predicted molar refractivity (Wildman–Crippen MR) is 242 cm³/mol. The van der Waals surface area contributed by atoms with Gasteiger partial charge < -0.3 is 9.80 Å². The minimum absolute atomic E-state index is 0.0938. The van der Waals surface area contributed by atoms with Crippen molar-refractivity contribution in [3.05, 3.63) is 204 Å². The second-order valence-electron chi connectivity index (χ2n) is 15.1. The van der Waals surface area contributed by atoms with Gasteiger partial charge in [-0.3, -0.25) is 0 Å². The van der Waals surface area contributed by atoms with Gasteiger partial charge in [0.2, 0.25) is 0 Å². The minimum atomic E-state index is 0.0938. The van der Waals surface area contributed by atoms with Crippen LogP contribution in [0.4, 0.5) is 22.7 Å². The highest BCUT2D eigenvalue weighted by Gasteiger charge is 2.39. The third-order valence-electron chi connectivity index (χ3n) is 12.1. The lowest BCUT2D eigenvalue weighted by Gasteiger charge is -2.43. The van der Waals surface area contributed by atoms with Crippen molar-refractivity contribution in [2.24, 2.45) is 0 Å². The van der Waals surface area contributed by atoms with Crippen LogP contribution < -0.4 is 9.80 Å². The summed E-state index contributed by atoms with van der Waals surface area (Å²) in [6, 6.07) is 58.3. The smallest absolute Gasteiger partial charge is 0.0640 e. The summed E-state index contributed by atoms with van der Waals surface area (Å²) in [7, 11) is 0. The molecule has 3 aliphatic carbocycles. The van der Waals surface area contributed by atoms with E-state index in [1.807, 2.05) is 22.7 Å². The molecule has 0 saturated heterocycles. The van der Waals surface area contributed by atoms with Crippen LogP contribution in [0.3, 0.4) is 0 Å². The van der Waals surface area contributed by atoms with E-state index in [4.69, 9.17) is 0 Å². The molecule has 0 aliphatic heterocycles. The fraction of sp³-hybridized carbons (Fsp3) is 0.0769. The van der Waals surface area contributed by atoms with E-state index in [-0.39, 0.29) is 12.0 Å². The highest BCUT2D eigenvalue weighted by molar-refractivity contribution is 7.26. The number of anilines is 4. The number of rotatable bonds is 6. The zero-order valence-corrected chi connectivity index (χ0v) is 32.2. The standard InChI is InChI=1S/C52H36N2S2/c1-3-13-35(14-4-1)53(45-21-11-19-39-37-17-7-9-23-47(37)55-51(39)45)43-31-27-33-26-30-42-44(32-28-34-25-29-41(43)49(33)50(34)42)54(36-15-5-2-6-16-36)46-22-12-20-40-38-18-8-10-24-48(38)56-52(40)46/h1-27,29-32,34,41,43H,28H2. The number of hydrogen-bond acceptors (Lipinski definition) is 4. The van der Waals surface area contributed by atoms with Gasteiger partial charge in [0.25, 0.3) is 0 Å². The van der Waals surface area contributed by atoms with Crippen molar-refractivity contribution in [3.8, 4) is 0 Å². The maximum absolute atomic E-state index is 2.61. The Balaban J connectivity index is 1.04. The average molecular weight is 753 g/mol. The second kappa shape index (κ2) is 12.7. The Morgan fingerprint density at radius 2 is 1.09 bits per heavy atom. The Morgan fingerprint density at radius 3 is 1.80 bits per heavy atom. The van der Waals surface area contributed by atoms with Gasteiger partial charge in [-0.25, -0.2) is 0 Å². The first-order valence-corrected chi connectivity index (χ1v) is 21.2. The number of nitrogens with zero attached hydrogens (tertiary/aromatic N) is 2. The van der Waals surface area contributed by atoms with Gasteiger partial charge in [0.15, 0.2) is 0 Å². The molecule has 3 aliphatic rings. The summed E-state index contributed by atoms with van der Waals surface area (Å²) < 4.78 is 5.31. The van der Waals surface area contributed by atoms with E-state index in [1.165, 1.54) is 91.0 Å². The zero-order valence-electron chi connectivity index (χ0n) is 30.5. The molecule has 7 aromatic carbocycles. The van der Waals surface area contributed by atoms with Crippen LogP contribution in [0.1, 0.15) is 40.5 Å². The Labute approximate surface area is 334 Å². The molecule has 0 bridgehead atoms. The molecule has 4 heteroatoms. The van der Waals surface area contributed by atoms with E-state index >= 15 is 0 Å². The van der Waals surface area contributed by atoms with Gasteiger partial charge in [-0.1, -0.05) is 140 Å². The van der Waals surface area contributed by atoms with Crippen LogP contribution in [0.15, 0.2) is 182 Å². The van der Waals surface area contributed by atoms with Crippen LogP contribution in [0.2, 0.25) is 0 Å². The lowest BCUT2D eigenvalue weighted by atomic mass is 9.69. The molecule has 12 rings (SSSR count). The van der Waals surface area contributed by atoms with Crippen LogP contribution in [-0.4, -0.2) is 6.04 Å². The van der Waals surface area contributed by atoms with Crippen LogP contribution in [0.25, 0.3) is 52.1 Å². The van der Waals surface area contributed by atoms with E-state index in [1.54, 1.807) is 0 Å². The van der Waals surface area contributed by atoms with Crippen molar-refractivity contribution >= 4 is 97.5 Å². The van der Waals surface area contributed by atoms with Crippen LogP contribution in [0.5, 0.6) is 0 Å². The lowest BCUT2D eigenvalue weighted by Crippen LogP contribution is -2.38. The normalized spacial score (nSPS) is 18.1. The van der Waals surface area contributed by atoms with Crippen LogP contribution in [0, 0.1) is 0 Å². The molecule has 0 amide bonds. The summed E-state index contributed by atoms with van der Waals surface area (Å²) >= 11 is 3.81. The minimum Gasteiger partial charge on any atom is -0.332 e. The molecule has 0 spiro atoms. The van der Waals surface area contributed by atoms with Crippen LogP contribution in [-0.2, 0) is 0 Å². The molecule has 0 saturated carbocycles. The SMILES string of the molecule is C1=CC(N(c2ccccc2)c2cccc3c2sc2ccccc23)C2C=CC3CC=C(N(c4ccccc4)c4cccc5c4sc4ccccc45)c4ccc1c2c43. The van der Waals surface area contributed by atoms with Crippen molar-refractivity contribution in [3.63, 3.8) is 0 Å². The Hall–Kier alpha value is -6.20. The number of allylic oxidation sites excluding steroid dienone is 2. The number of para-hydroxylation sites is 2. The second-order valence-corrected chi connectivity index (χ2v) is 17.2. The van der Waals surface area contributed by atoms with Gasteiger partial charge in [-0.2, -0.15) is 0 Å². The Bertz CT molecular complexity index is 3090. The quantitative estimate of drug-likeness (QED) is 0.156. The molecule has 2 heterocycles. The first kappa shape index (κ1) is 32.1. The molecule has 9 aromatic rings. The molecule has 2 nitrogen and oxygen atoms in total. The highest BCUT2D eigenvalue weighted by Crippen LogP contribution is 2.54. The molecule has 0 N–H and O–H groups in total. The number of fused-ring (bicyclic) bond motifs is 6. The van der Waals surface area contributed by atoms with Crippen molar-refractivity contribution in [1.82, 2.24) is 0 Å². The van der Waals surface area contributed by atoms with Gasteiger partial charge in [-0.15, -0.1) is 22.7 Å². The van der Waals surface area contributed by atoms with Gasteiger partial charge >= 0.3 is 0 Å². The van der Waals surface area contributed by atoms with Crippen molar-refractivity contribution in [1.29, 1.82) is 0 Å². The first-order chi connectivity index (χ1) is 27.8. The van der Waals surface area contributed by atoms with E-state index in [9.17, 15) is 0 Å². The number of benzene rings is 7. The Morgan fingerprint density at radius 1 is 0.482 bits per heavy atom. The maximum Gasteiger partial charge on any atom is 0.0640 e. The van der Waals surface area contributed by atoms with Crippen molar-refractivity contribution < 1.29 is 0 Å². The van der Waals surface area contributed by atoms with Gasteiger partial charge in [0.1, 0.15) is 0 Å². The van der Waals surface area contributed by atoms with Gasteiger partial charge in [0, 0.05) is 65.4 Å². The lowest BCUT2D eigenvalue weighted by molar-refractivity contribution is 0.652. The average Bonchev–Trinajstić information content (AvgIpc) is 3.84. The van der Waals surface area contributed by atoms with Gasteiger partial charge in [-0.05, 0) is 71.6 Å². The molecule has 0 fully saturated rings. The molecular formula is C52H36N2S2. The zero-order chi connectivity index (χ0) is 36.7. The van der Waals surface area contributed by atoms with E-state index in [0.29, 0.717) is 5.92 Å². The largest absolute Gasteiger partial charge is 0.332 e. The Kier molecular flexibility index (Phi) is 7.26. The maximum atomic E-state index is 2.61. The number of thiophene rings is 2. The first-order valence-electron chi connectivity index (χ1n) is 19.5. The fourth-order valence-electron chi connectivity index (χ4n) is 9.73. The molecule has 56 heavy (non-hydrogen) atoms. The highest BCUT2D eigenvalue weighted by atomic mass is 32.1. The third-order valence-corrected chi connectivity index (χ3v) is 14.5. The summed E-state index contributed by atoms with van der Waals surface area (Å²) in [6.07, 6.45) is 13.4. The van der Waals surface area contributed by atoms with E-state index in [0.717, 1.165) is 6.42 Å². The van der Waals surface area contributed by atoms with Gasteiger partial charge in [0.05, 0.1) is 26.8 Å². The summed E-state index contributed by atoms with van der Waals surface area (Å²) in [6.45, 7) is 0. The van der Waals surface area contributed by atoms with E-state index < -0.39 is 0 Å². The summed E-state index contributed by atoms with van der Waals surface area (Å²) in [5.41, 5.74) is 11.8. The van der Waals surface area contributed by atoms with Crippen LogP contribution >= 0.6 is 22.7 Å².